The van der Waals surface area contributed by atoms with Crippen LogP contribution in [0.4, 0.5) is 5.69 Å². The largest absolute Gasteiger partial charge is 0.380 e. The Bertz CT molecular complexity index is 485. The number of fused-ring (bicyclic) bond motifs is 1. The van der Waals surface area contributed by atoms with Crippen LogP contribution in [0.1, 0.15) is 11.3 Å². The molecule has 0 saturated carbocycles. The lowest BCUT2D eigenvalue weighted by molar-refractivity contribution is 0.309. The van der Waals surface area contributed by atoms with Crippen molar-refractivity contribution in [2.45, 2.75) is 19.0 Å². The molecule has 0 spiro atoms. The van der Waals surface area contributed by atoms with E-state index in [1.165, 1.54) is 11.3 Å². The number of rotatable bonds is 4. The monoisotopic (exact) mass is 259 g/mol. The fourth-order valence-electron chi connectivity index (χ4n) is 2.52. The molecule has 0 aliphatic carbocycles. The number of para-hydroxylation sites is 1. The number of thiazole rings is 1. The lowest BCUT2D eigenvalue weighted by Gasteiger charge is -2.20. The molecule has 2 heterocycles. The van der Waals surface area contributed by atoms with Gasteiger partial charge in [0.05, 0.1) is 11.2 Å². The van der Waals surface area contributed by atoms with Crippen LogP contribution in [0, 0.1) is 0 Å². The quantitative estimate of drug-likeness (QED) is 0.915. The van der Waals surface area contributed by atoms with Gasteiger partial charge in [-0.25, -0.2) is 4.98 Å². The number of likely N-dealkylation sites (N-methyl/N-ethyl adjacent to an activating group) is 1. The summed E-state index contributed by atoms with van der Waals surface area (Å²) in [6, 6.07) is 9.10. The van der Waals surface area contributed by atoms with Gasteiger partial charge in [0.1, 0.15) is 0 Å². The molecule has 0 bridgehead atoms. The topological polar surface area (TPSA) is 28.2 Å². The highest BCUT2D eigenvalue weighted by Gasteiger charge is 2.21. The van der Waals surface area contributed by atoms with Crippen molar-refractivity contribution in [3.05, 3.63) is 46.4 Å². The maximum Gasteiger partial charge on any atom is 0.0795 e. The first-order valence-corrected chi connectivity index (χ1v) is 7.15. The van der Waals surface area contributed by atoms with Gasteiger partial charge in [-0.15, -0.1) is 11.3 Å². The molecule has 0 amide bonds. The van der Waals surface area contributed by atoms with Crippen molar-refractivity contribution in [1.29, 1.82) is 0 Å². The molecule has 1 aromatic carbocycles. The van der Waals surface area contributed by atoms with Gasteiger partial charge in [-0.05, 0) is 25.1 Å². The van der Waals surface area contributed by atoms with E-state index in [4.69, 9.17) is 0 Å². The summed E-state index contributed by atoms with van der Waals surface area (Å²) in [5.74, 6) is 0. The van der Waals surface area contributed by atoms with E-state index in [0.717, 1.165) is 25.2 Å². The van der Waals surface area contributed by atoms with Crippen LogP contribution in [0.2, 0.25) is 0 Å². The minimum atomic E-state index is 0.519. The minimum absolute atomic E-state index is 0.519. The Morgan fingerprint density at radius 3 is 3.11 bits per heavy atom. The van der Waals surface area contributed by atoms with Crippen molar-refractivity contribution in [2.75, 3.05) is 18.9 Å². The van der Waals surface area contributed by atoms with Gasteiger partial charge in [0.15, 0.2) is 0 Å². The van der Waals surface area contributed by atoms with Crippen molar-refractivity contribution in [3.8, 4) is 0 Å². The number of nitrogens with zero attached hydrogens (tertiary/aromatic N) is 2. The molecule has 94 valence electrons. The van der Waals surface area contributed by atoms with E-state index in [-0.39, 0.29) is 0 Å². The number of hydrogen-bond donors (Lipinski definition) is 1. The highest BCUT2D eigenvalue weighted by Crippen LogP contribution is 2.25. The second-order valence-electron chi connectivity index (χ2n) is 4.88. The Morgan fingerprint density at radius 2 is 2.33 bits per heavy atom. The molecule has 3 nitrogen and oxygen atoms in total. The second kappa shape index (κ2) is 5.08. The fraction of sp³-hybridized carbons (Fsp3) is 0.357. The Labute approximate surface area is 111 Å². The lowest BCUT2D eigenvalue weighted by Crippen LogP contribution is -2.32. The summed E-state index contributed by atoms with van der Waals surface area (Å²) in [6.07, 6.45) is 1.12. The average Bonchev–Trinajstić information content (AvgIpc) is 2.96. The molecule has 0 fully saturated rings. The van der Waals surface area contributed by atoms with E-state index in [1.807, 2.05) is 5.51 Å². The minimum Gasteiger partial charge on any atom is -0.380 e. The van der Waals surface area contributed by atoms with Crippen molar-refractivity contribution in [3.63, 3.8) is 0 Å². The van der Waals surface area contributed by atoms with Crippen LogP contribution in [0.25, 0.3) is 0 Å². The van der Waals surface area contributed by atoms with E-state index in [0.29, 0.717) is 6.04 Å². The maximum absolute atomic E-state index is 4.33. The molecular formula is C14H17N3S. The van der Waals surface area contributed by atoms with E-state index >= 15 is 0 Å². The molecule has 4 heteroatoms. The Hall–Kier alpha value is -1.39. The van der Waals surface area contributed by atoms with Crippen molar-refractivity contribution >= 4 is 17.0 Å². The molecule has 3 rings (SSSR count). The number of anilines is 1. The molecule has 1 aliphatic rings. The molecule has 0 saturated heterocycles. The molecule has 1 aromatic heterocycles. The molecule has 1 N–H and O–H groups in total. The third-order valence-corrected chi connectivity index (χ3v) is 3.93. The van der Waals surface area contributed by atoms with Gasteiger partial charge in [0, 0.05) is 30.2 Å². The van der Waals surface area contributed by atoms with Crippen LogP contribution in [-0.4, -0.2) is 29.5 Å². The van der Waals surface area contributed by atoms with Gasteiger partial charge >= 0.3 is 0 Å². The molecule has 1 aliphatic heterocycles. The van der Waals surface area contributed by atoms with Crippen LogP contribution < -0.4 is 5.32 Å². The summed E-state index contributed by atoms with van der Waals surface area (Å²) < 4.78 is 0. The molecule has 1 atom stereocenters. The molecule has 0 radical (unpaired) electrons. The van der Waals surface area contributed by atoms with Gasteiger partial charge < -0.3 is 5.32 Å². The van der Waals surface area contributed by atoms with Crippen LogP contribution in [0.3, 0.4) is 0 Å². The number of benzene rings is 1. The first kappa shape index (κ1) is 11.7. The summed E-state index contributed by atoms with van der Waals surface area (Å²) in [5.41, 5.74) is 5.79. The number of hydrogen-bond acceptors (Lipinski definition) is 4. The SMILES string of the molecule is CN(Cc1cscn1)CC1Cc2ccccc2N1. The van der Waals surface area contributed by atoms with E-state index < -0.39 is 0 Å². The predicted molar refractivity (Wildman–Crippen MR) is 76.0 cm³/mol. The summed E-state index contributed by atoms with van der Waals surface area (Å²) in [6.45, 7) is 1.98. The van der Waals surface area contributed by atoms with Gasteiger partial charge in [0.25, 0.3) is 0 Å². The first-order valence-electron chi connectivity index (χ1n) is 6.21. The first-order chi connectivity index (χ1) is 8.81. The summed E-state index contributed by atoms with van der Waals surface area (Å²) in [5, 5.41) is 5.70. The molecule has 1 unspecified atom stereocenters. The average molecular weight is 259 g/mol. The highest BCUT2D eigenvalue weighted by atomic mass is 32.1. The normalized spacial score (nSPS) is 17.8. The van der Waals surface area contributed by atoms with Gasteiger partial charge in [-0.2, -0.15) is 0 Å². The molecule has 18 heavy (non-hydrogen) atoms. The standard InChI is InChI=1S/C14H17N3S/c1-17(8-13-9-18-10-15-13)7-12-6-11-4-2-3-5-14(11)16-12/h2-5,9-10,12,16H,6-8H2,1H3. The Morgan fingerprint density at radius 1 is 1.44 bits per heavy atom. The summed E-state index contributed by atoms with van der Waals surface area (Å²) in [7, 11) is 2.16. The van der Waals surface area contributed by atoms with Gasteiger partial charge in [0.2, 0.25) is 0 Å². The summed E-state index contributed by atoms with van der Waals surface area (Å²) in [4.78, 5) is 6.66. The van der Waals surface area contributed by atoms with Crippen LogP contribution >= 0.6 is 11.3 Å². The van der Waals surface area contributed by atoms with Crippen molar-refractivity contribution in [2.24, 2.45) is 0 Å². The highest BCUT2D eigenvalue weighted by molar-refractivity contribution is 7.07. The zero-order valence-electron chi connectivity index (χ0n) is 10.5. The van der Waals surface area contributed by atoms with Crippen LogP contribution in [-0.2, 0) is 13.0 Å². The molecular weight excluding hydrogens is 242 g/mol. The van der Waals surface area contributed by atoms with Gasteiger partial charge in [-0.3, -0.25) is 4.90 Å². The number of aromatic nitrogens is 1. The fourth-order valence-corrected chi connectivity index (χ4v) is 3.07. The van der Waals surface area contributed by atoms with Crippen molar-refractivity contribution in [1.82, 2.24) is 9.88 Å². The lowest BCUT2D eigenvalue weighted by atomic mass is 10.1. The predicted octanol–water partition coefficient (Wildman–Crippen LogP) is 2.61. The number of nitrogens with one attached hydrogen (secondary N) is 1. The maximum atomic E-state index is 4.33. The third kappa shape index (κ3) is 2.54. The van der Waals surface area contributed by atoms with Crippen LogP contribution in [0.5, 0.6) is 0 Å². The van der Waals surface area contributed by atoms with E-state index in [2.05, 4.69) is 51.9 Å². The second-order valence-corrected chi connectivity index (χ2v) is 5.60. The van der Waals surface area contributed by atoms with E-state index in [1.54, 1.807) is 11.3 Å². The van der Waals surface area contributed by atoms with E-state index in [9.17, 15) is 0 Å². The van der Waals surface area contributed by atoms with Gasteiger partial charge in [-0.1, -0.05) is 18.2 Å². The smallest absolute Gasteiger partial charge is 0.0795 e. The summed E-state index contributed by atoms with van der Waals surface area (Å²) >= 11 is 1.66. The Balaban J connectivity index is 1.56. The van der Waals surface area contributed by atoms with Crippen LogP contribution in [0.15, 0.2) is 35.2 Å². The zero-order chi connectivity index (χ0) is 12.4. The van der Waals surface area contributed by atoms with Crippen molar-refractivity contribution < 1.29 is 0 Å². The Kier molecular flexibility index (Phi) is 3.30. The molecule has 2 aromatic rings. The zero-order valence-corrected chi connectivity index (χ0v) is 11.3. The third-order valence-electron chi connectivity index (χ3n) is 3.29.